The number of piperidine rings is 1. The highest BCUT2D eigenvalue weighted by atomic mass is 79.9. The van der Waals surface area contributed by atoms with E-state index in [2.05, 4.69) is 15.9 Å². The van der Waals surface area contributed by atoms with Crippen LogP contribution in [0.1, 0.15) is 35.6 Å². The second-order valence-corrected chi connectivity index (χ2v) is 12.9. The molecule has 0 N–H and O–H groups in total. The van der Waals surface area contributed by atoms with Gasteiger partial charge in [0, 0.05) is 28.4 Å². The van der Waals surface area contributed by atoms with Crippen LogP contribution in [0.25, 0.3) is 0 Å². The number of anilines is 1. The first-order valence-corrected chi connectivity index (χ1v) is 15.3. The summed E-state index contributed by atoms with van der Waals surface area (Å²) < 4.78 is 7.59. The molecule has 3 aliphatic rings. The minimum atomic E-state index is -0.721. The zero-order chi connectivity index (χ0) is 27.3. The van der Waals surface area contributed by atoms with Gasteiger partial charge in [0.25, 0.3) is 0 Å². The first kappa shape index (κ1) is 26.3. The summed E-state index contributed by atoms with van der Waals surface area (Å²) in [5.41, 5.74) is 1.32. The van der Waals surface area contributed by atoms with Crippen LogP contribution in [0.2, 0.25) is 0 Å². The van der Waals surface area contributed by atoms with Crippen molar-refractivity contribution in [2.45, 2.75) is 42.0 Å². The average Bonchev–Trinajstić information content (AvgIpc) is 3.39. The Morgan fingerprint density at radius 2 is 1.77 bits per heavy atom. The highest BCUT2D eigenvalue weighted by Crippen LogP contribution is 2.54. The van der Waals surface area contributed by atoms with Gasteiger partial charge in [-0.25, -0.2) is 4.90 Å². The average molecular weight is 629 g/mol. The molecule has 3 amide bonds. The number of ether oxygens (including phenoxy) is 1. The molecule has 0 spiro atoms. The molecule has 6 rings (SSSR count). The van der Waals surface area contributed by atoms with Crippen LogP contribution >= 0.6 is 39.0 Å². The Bertz CT molecular complexity index is 1510. The van der Waals surface area contributed by atoms with E-state index in [9.17, 15) is 19.2 Å². The van der Waals surface area contributed by atoms with Crippen molar-refractivity contribution in [2.75, 3.05) is 25.1 Å². The normalized spacial score (nSPS) is 22.6. The minimum absolute atomic E-state index is 0.0649. The number of halogens is 1. The van der Waals surface area contributed by atoms with E-state index in [-0.39, 0.29) is 29.1 Å². The summed E-state index contributed by atoms with van der Waals surface area (Å²) in [7, 11) is 1.56. The van der Waals surface area contributed by atoms with Gasteiger partial charge in [0.2, 0.25) is 17.7 Å². The number of likely N-dealkylation sites (tertiary alicyclic amines) is 1. The Kier molecular flexibility index (Phi) is 7.15. The molecule has 2 aromatic carbocycles. The van der Waals surface area contributed by atoms with Crippen LogP contribution < -0.4 is 14.5 Å². The van der Waals surface area contributed by atoms with E-state index in [1.165, 1.54) is 21.2 Å². The molecule has 2 saturated heterocycles. The number of aromatic nitrogens is 1. The fourth-order valence-corrected chi connectivity index (χ4v) is 8.87. The zero-order valence-corrected chi connectivity index (χ0v) is 24.4. The van der Waals surface area contributed by atoms with Gasteiger partial charge in [-0.05, 0) is 61.2 Å². The van der Waals surface area contributed by atoms with Crippen LogP contribution in [-0.4, -0.2) is 52.6 Å². The SMILES string of the molecule is COc1ccc(N2C(=O)[C@H]3[C@H](c4cccc(Br)c4)c4sc(=O)n(CC(=O)N5CCCCC5)c4S[C@H]3C2=O)cc1. The monoisotopic (exact) mass is 627 g/mol. The molecule has 3 aliphatic heterocycles. The molecule has 0 unspecified atom stereocenters. The molecule has 0 radical (unpaired) electrons. The first-order valence-electron chi connectivity index (χ1n) is 12.8. The van der Waals surface area contributed by atoms with Crippen LogP contribution in [-0.2, 0) is 20.9 Å². The van der Waals surface area contributed by atoms with Gasteiger partial charge in [0.05, 0.1) is 23.7 Å². The van der Waals surface area contributed by atoms with Crippen molar-refractivity contribution in [1.29, 1.82) is 0 Å². The third kappa shape index (κ3) is 4.64. The molecule has 39 heavy (non-hydrogen) atoms. The third-order valence-electron chi connectivity index (χ3n) is 7.59. The number of thioether (sulfide) groups is 1. The number of carbonyl (C=O) groups is 3. The molecule has 0 aliphatic carbocycles. The molecule has 202 valence electrons. The maximum atomic E-state index is 14.0. The number of imide groups is 1. The molecule has 4 heterocycles. The first-order chi connectivity index (χ1) is 18.9. The Morgan fingerprint density at radius 3 is 2.46 bits per heavy atom. The van der Waals surface area contributed by atoms with Gasteiger partial charge in [-0.1, -0.05) is 51.2 Å². The van der Waals surface area contributed by atoms with Gasteiger partial charge >= 0.3 is 4.87 Å². The topological polar surface area (TPSA) is 88.9 Å². The molecule has 0 bridgehead atoms. The zero-order valence-electron chi connectivity index (χ0n) is 21.2. The molecule has 3 atom stereocenters. The van der Waals surface area contributed by atoms with Crippen molar-refractivity contribution in [2.24, 2.45) is 5.92 Å². The molecule has 0 saturated carbocycles. The van der Waals surface area contributed by atoms with Crippen molar-refractivity contribution in [3.63, 3.8) is 0 Å². The van der Waals surface area contributed by atoms with Crippen LogP contribution in [0, 0.1) is 5.92 Å². The van der Waals surface area contributed by atoms with E-state index >= 15 is 0 Å². The quantitative estimate of drug-likeness (QED) is 0.387. The number of thiazole rings is 1. The number of hydrogen-bond acceptors (Lipinski definition) is 7. The molecule has 3 aromatic rings. The second-order valence-electron chi connectivity index (χ2n) is 9.87. The number of nitrogens with zero attached hydrogens (tertiary/aromatic N) is 3. The standard InChI is InChI=1S/C28H26BrN3O5S2/c1-37-19-10-8-18(9-11-19)32-25(34)22-21(16-6-5-7-17(29)14-16)24-27(38-23(22)26(32)35)31(28(36)39-24)15-20(33)30-12-3-2-4-13-30/h5-11,14,21-23H,2-4,12-13,15H2,1H3/t21-,22-,23+/m0/s1. The summed E-state index contributed by atoms with van der Waals surface area (Å²) in [4.78, 5) is 57.8. The van der Waals surface area contributed by atoms with E-state index in [1.54, 1.807) is 31.4 Å². The number of amides is 3. The van der Waals surface area contributed by atoms with Gasteiger partial charge in [-0.2, -0.15) is 0 Å². The number of benzene rings is 2. The van der Waals surface area contributed by atoms with E-state index in [0.29, 0.717) is 29.6 Å². The molecule has 11 heteroatoms. The lowest BCUT2D eigenvalue weighted by Gasteiger charge is -2.31. The van der Waals surface area contributed by atoms with Crippen LogP contribution in [0.15, 0.2) is 62.8 Å². The van der Waals surface area contributed by atoms with E-state index in [0.717, 1.165) is 45.5 Å². The predicted octanol–water partition coefficient (Wildman–Crippen LogP) is 4.49. The number of methoxy groups -OCH3 is 1. The predicted molar refractivity (Wildman–Crippen MR) is 154 cm³/mol. The van der Waals surface area contributed by atoms with Gasteiger partial charge in [0.15, 0.2) is 0 Å². The molecule has 8 nitrogen and oxygen atoms in total. The number of fused-ring (bicyclic) bond motifs is 2. The van der Waals surface area contributed by atoms with Crippen molar-refractivity contribution in [3.05, 3.63) is 73.1 Å². The van der Waals surface area contributed by atoms with Crippen LogP contribution in [0.5, 0.6) is 5.75 Å². The number of carbonyl (C=O) groups excluding carboxylic acids is 3. The largest absolute Gasteiger partial charge is 0.497 e. The van der Waals surface area contributed by atoms with Crippen LogP contribution in [0.3, 0.4) is 0 Å². The Labute approximate surface area is 242 Å². The Balaban J connectivity index is 1.42. The number of rotatable bonds is 5. The maximum absolute atomic E-state index is 14.0. The fraction of sp³-hybridized carbons (Fsp3) is 0.357. The molecule has 2 fully saturated rings. The molecular formula is C28H26BrN3O5S2. The second kappa shape index (κ2) is 10.6. The highest BCUT2D eigenvalue weighted by Gasteiger charge is 2.56. The van der Waals surface area contributed by atoms with E-state index in [1.807, 2.05) is 29.2 Å². The fourth-order valence-electron chi connectivity index (χ4n) is 5.68. The lowest BCUT2D eigenvalue weighted by Crippen LogP contribution is -2.39. The lowest BCUT2D eigenvalue weighted by atomic mass is 9.83. The summed E-state index contributed by atoms with van der Waals surface area (Å²) in [6.07, 6.45) is 3.03. The summed E-state index contributed by atoms with van der Waals surface area (Å²) in [6, 6.07) is 14.5. The lowest BCUT2D eigenvalue weighted by molar-refractivity contribution is -0.133. The Hall–Kier alpha value is -2.89. The number of hydrogen-bond donors (Lipinski definition) is 0. The Morgan fingerprint density at radius 1 is 1.03 bits per heavy atom. The maximum Gasteiger partial charge on any atom is 0.308 e. The third-order valence-corrected chi connectivity index (χ3v) is 10.7. The van der Waals surface area contributed by atoms with E-state index in [4.69, 9.17) is 4.74 Å². The summed E-state index contributed by atoms with van der Waals surface area (Å²) in [6.45, 7) is 1.33. The van der Waals surface area contributed by atoms with Gasteiger partial charge in [0.1, 0.15) is 17.5 Å². The summed E-state index contributed by atoms with van der Waals surface area (Å²) in [5.74, 6) is -1.26. The molecule has 1 aromatic heterocycles. The van der Waals surface area contributed by atoms with Gasteiger partial charge in [-0.15, -0.1) is 0 Å². The van der Waals surface area contributed by atoms with Crippen molar-refractivity contribution >= 4 is 62.4 Å². The summed E-state index contributed by atoms with van der Waals surface area (Å²) >= 11 is 5.84. The summed E-state index contributed by atoms with van der Waals surface area (Å²) in [5, 5.41) is -0.110. The minimum Gasteiger partial charge on any atom is -0.497 e. The smallest absolute Gasteiger partial charge is 0.308 e. The van der Waals surface area contributed by atoms with Crippen molar-refractivity contribution in [3.8, 4) is 5.75 Å². The van der Waals surface area contributed by atoms with Gasteiger partial charge in [-0.3, -0.25) is 23.7 Å². The molecular weight excluding hydrogens is 602 g/mol. The van der Waals surface area contributed by atoms with Crippen LogP contribution in [0.4, 0.5) is 5.69 Å². The highest BCUT2D eigenvalue weighted by molar-refractivity contribution is 9.10. The van der Waals surface area contributed by atoms with Crippen molar-refractivity contribution < 1.29 is 19.1 Å². The van der Waals surface area contributed by atoms with Crippen molar-refractivity contribution in [1.82, 2.24) is 9.47 Å². The van der Waals surface area contributed by atoms with Gasteiger partial charge < -0.3 is 9.64 Å². The van der Waals surface area contributed by atoms with E-state index < -0.39 is 17.1 Å².